The summed E-state index contributed by atoms with van der Waals surface area (Å²) in [5, 5.41) is 7.32. The van der Waals surface area contributed by atoms with Crippen LogP contribution in [-0.2, 0) is 10.1 Å². The second-order valence-electron chi connectivity index (χ2n) is 4.00. The van der Waals surface area contributed by atoms with Gasteiger partial charge in [-0.2, -0.15) is 13.7 Å². The molecule has 5 nitrogen and oxygen atoms in total. The zero-order valence-corrected chi connectivity index (χ0v) is 13.6. The Balaban J connectivity index is 0. The highest BCUT2D eigenvalue weighted by atomic mass is 32.2. The Kier molecular flexibility index (Phi) is 11.9. The van der Waals surface area contributed by atoms with E-state index in [2.05, 4.69) is 25.8 Å². The van der Waals surface area contributed by atoms with Crippen LogP contribution in [0.1, 0.15) is 26.3 Å². The van der Waals surface area contributed by atoms with Crippen molar-refractivity contribution in [1.29, 1.82) is 5.26 Å². The topological polar surface area (TPSA) is 81.4 Å². The molecule has 1 rings (SSSR count). The van der Waals surface area contributed by atoms with Gasteiger partial charge in [-0.25, -0.2) is 0 Å². The van der Waals surface area contributed by atoms with Crippen LogP contribution in [0.3, 0.4) is 0 Å². The van der Waals surface area contributed by atoms with Crippen molar-refractivity contribution in [2.45, 2.75) is 32.6 Å². The van der Waals surface area contributed by atoms with E-state index in [1.165, 1.54) is 19.1 Å². The monoisotopic (exact) mass is 300 g/mol. The molecule has 0 fully saturated rings. The third kappa shape index (κ3) is 11.7. The van der Waals surface area contributed by atoms with Crippen molar-refractivity contribution in [3.05, 3.63) is 29.8 Å². The van der Waals surface area contributed by atoms with Crippen LogP contribution in [0.25, 0.3) is 0 Å². The molecule has 0 bridgehead atoms. The van der Waals surface area contributed by atoms with Crippen LogP contribution in [0.5, 0.6) is 0 Å². The molecule has 0 saturated carbocycles. The molecule has 0 unspecified atom stereocenters. The predicted molar refractivity (Wildman–Crippen MR) is 81.1 cm³/mol. The molecular weight excluding hydrogens is 276 g/mol. The van der Waals surface area contributed by atoms with Crippen LogP contribution in [-0.4, -0.2) is 38.0 Å². The van der Waals surface area contributed by atoms with E-state index in [1.54, 1.807) is 18.2 Å². The average Bonchev–Trinajstić information content (AvgIpc) is 2.39. The Bertz CT molecular complexity index is 486. The van der Waals surface area contributed by atoms with Crippen LogP contribution in [0.15, 0.2) is 29.2 Å². The summed E-state index contributed by atoms with van der Waals surface area (Å²) < 4.78 is 29.6. The van der Waals surface area contributed by atoms with Crippen molar-refractivity contribution in [2.75, 3.05) is 20.1 Å². The molecule has 0 spiro atoms. The molecule has 0 aromatic heterocycles. The Morgan fingerprint density at radius 2 is 1.55 bits per heavy atom. The van der Waals surface area contributed by atoms with Gasteiger partial charge in [0.15, 0.2) is 0 Å². The molecule has 1 N–H and O–H groups in total. The lowest BCUT2D eigenvalue weighted by Gasteiger charge is -2.07. The number of aryl methyl sites for hydroxylation is 1. The van der Waals surface area contributed by atoms with Gasteiger partial charge in [0.2, 0.25) is 0 Å². The lowest BCUT2D eigenvalue weighted by molar-refractivity contribution is 0.373. The van der Waals surface area contributed by atoms with E-state index in [4.69, 9.17) is 9.81 Å². The first kappa shape index (κ1) is 20.9. The fourth-order valence-electron chi connectivity index (χ4n) is 0.934. The Morgan fingerprint density at radius 3 is 1.75 bits per heavy atom. The largest absolute Gasteiger partial charge is 0.307 e. The van der Waals surface area contributed by atoms with Crippen molar-refractivity contribution in [3.8, 4) is 6.07 Å². The first-order chi connectivity index (χ1) is 9.22. The van der Waals surface area contributed by atoms with Crippen LogP contribution < -0.4 is 0 Å². The standard InChI is InChI=1S/C7H8O3S.C5H13N.C2H3N/c1-6-2-4-7(5-3-6)11(8,9)10;1-4-6(3)5-2;1-2-3/h2-5H,1H3,(H,8,9,10);4-5H2,1-3H3;1H3. The summed E-state index contributed by atoms with van der Waals surface area (Å²) in [6, 6.07) is 7.74. The fraction of sp³-hybridized carbons (Fsp3) is 0.500. The van der Waals surface area contributed by atoms with Crippen molar-refractivity contribution >= 4 is 10.1 Å². The number of nitrogens with zero attached hydrogens (tertiary/aromatic N) is 2. The summed E-state index contributed by atoms with van der Waals surface area (Å²) in [6.45, 7) is 9.91. The SMILES string of the molecule is CC#N.CCN(C)CC.Cc1ccc(S(=O)(=O)O)cc1. The van der Waals surface area contributed by atoms with Gasteiger partial charge < -0.3 is 4.90 Å². The van der Waals surface area contributed by atoms with Gasteiger partial charge in [-0.3, -0.25) is 4.55 Å². The highest BCUT2D eigenvalue weighted by Gasteiger charge is 2.06. The third-order valence-corrected chi connectivity index (χ3v) is 3.27. The molecule has 0 heterocycles. The summed E-state index contributed by atoms with van der Waals surface area (Å²) in [6.07, 6.45) is 0. The zero-order chi connectivity index (χ0) is 16.2. The number of hydrogen-bond donors (Lipinski definition) is 1. The lowest BCUT2D eigenvalue weighted by atomic mass is 10.2. The van der Waals surface area contributed by atoms with Crippen LogP contribution in [0.4, 0.5) is 0 Å². The van der Waals surface area contributed by atoms with E-state index >= 15 is 0 Å². The van der Waals surface area contributed by atoms with Gasteiger partial charge in [-0.1, -0.05) is 31.5 Å². The molecule has 0 atom stereocenters. The predicted octanol–water partition coefficient (Wildman–Crippen LogP) is 2.73. The van der Waals surface area contributed by atoms with E-state index in [0.717, 1.165) is 18.7 Å². The smallest absolute Gasteiger partial charge is 0.294 e. The molecule has 0 aliphatic heterocycles. The molecule has 1 aromatic rings. The minimum atomic E-state index is -4.02. The van der Waals surface area contributed by atoms with Crippen molar-refractivity contribution in [2.24, 2.45) is 0 Å². The first-order valence-corrected chi connectivity index (χ1v) is 7.70. The molecule has 0 amide bonds. The molecule has 1 aromatic carbocycles. The molecule has 0 aliphatic carbocycles. The van der Waals surface area contributed by atoms with E-state index in [9.17, 15) is 8.42 Å². The molecular formula is C14H24N2O3S. The molecule has 114 valence electrons. The maximum atomic E-state index is 10.5. The Labute approximate surface area is 122 Å². The summed E-state index contributed by atoms with van der Waals surface area (Å²) in [5.74, 6) is 0. The van der Waals surface area contributed by atoms with Crippen LogP contribution in [0, 0.1) is 18.3 Å². The zero-order valence-electron chi connectivity index (χ0n) is 12.8. The molecule has 20 heavy (non-hydrogen) atoms. The summed E-state index contributed by atoms with van der Waals surface area (Å²) >= 11 is 0. The van der Waals surface area contributed by atoms with Crippen LogP contribution >= 0.6 is 0 Å². The quantitative estimate of drug-likeness (QED) is 0.868. The minimum Gasteiger partial charge on any atom is -0.307 e. The lowest BCUT2D eigenvalue weighted by Crippen LogP contribution is -2.15. The van der Waals surface area contributed by atoms with Gasteiger partial charge in [0.05, 0.1) is 11.0 Å². The van der Waals surface area contributed by atoms with E-state index in [-0.39, 0.29) is 4.90 Å². The first-order valence-electron chi connectivity index (χ1n) is 6.26. The second kappa shape index (κ2) is 11.4. The van der Waals surface area contributed by atoms with Gasteiger partial charge in [-0.05, 0) is 39.2 Å². The number of hydrogen-bond acceptors (Lipinski definition) is 4. The summed E-state index contributed by atoms with van der Waals surface area (Å²) in [5.41, 5.74) is 0.956. The molecule has 0 saturated heterocycles. The van der Waals surface area contributed by atoms with E-state index in [1.807, 2.05) is 6.92 Å². The van der Waals surface area contributed by atoms with Crippen molar-refractivity contribution in [1.82, 2.24) is 4.90 Å². The van der Waals surface area contributed by atoms with Crippen molar-refractivity contribution < 1.29 is 13.0 Å². The number of rotatable bonds is 3. The Hall–Kier alpha value is -1.42. The van der Waals surface area contributed by atoms with Gasteiger partial charge in [0.1, 0.15) is 0 Å². The molecule has 6 heteroatoms. The maximum absolute atomic E-state index is 10.5. The molecule has 0 aliphatic rings. The van der Waals surface area contributed by atoms with Crippen LogP contribution in [0.2, 0.25) is 0 Å². The number of benzene rings is 1. The average molecular weight is 300 g/mol. The van der Waals surface area contributed by atoms with Gasteiger partial charge >= 0.3 is 0 Å². The van der Waals surface area contributed by atoms with E-state index in [0.29, 0.717) is 0 Å². The fourth-order valence-corrected chi connectivity index (χ4v) is 1.41. The van der Waals surface area contributed by atoms with E-state index < -0.39 is 10.1 Å². The minimum absolute atomic E-state index is 0.0666. The van der Waals surface area contributed by atoms with Gasteiger partial charge in [0.25, 0.3) is 10.1 Å². The van der Waals surface area contributed by atoms with Gasteiger partial charge in [0, 0.05) is 6.92 Å². The Morgan fingerprint density at radius 1 is 1.20 bits per heavy atom. The maximum Gasteiger partial charge on any atom is 0.294 e. The highest BCUT2D eigenvalue weighted by Crippen LogP contribution is 2.08. The summed E-state index contributed by atoms with van der Waals surface area (Å²) in [7, 11) is -1.91. The van der Waals surface area contributed by atoms with Gasteiger partial charge in [-0.15, -0.1) is 0 Å². The van der Waals surface area contributed by atoms with Crippen molar-refractivity contribution in [3.63, 3.8) is 0 Å². The molecule has 0 radical (unpaired) electrons. The second-order valence-corrected chi connectivity index (χ2v) is 5.42. The number of nitriles is 1. The highest BCUT2D eigenvalue weighted by molar-refractivity contribution is 7.85. The summed E-state index contributed by atoms with van der Waals surface area (Å²) in [4.78, 5) is 2.18. The third-order valence-electron chi connectivity index (χ3n) is 2.40. The normalized spacial score (nSPS) is 9.70.